The maximum absolute atomic E-state index is 12.3. The molecule has 4 nitrogen and oxygen atoms in total. The van der Waals surface area contributed by atoms with Crippen molar-refractivity contribution in [1.82, 2.24) is 4.31 Å². The molecule has 0 atom stereocenters. The van der Waals surface area contributed by atoms with Gasteiger partial charge in [-0.2, -0.15) is 0 Å². The minimum atomic E-state index is -4.05. The standard InChI is InChI=1S/C12H11Cl2NO3S/c1-3-8-15(12(16)11(13)14)19(17,18)10-6-4-9(2)5-7-10/h1,4-7,11H,8H2,2H3. The Morgan fingerprint density at radius 1 is 1.37 bits per heavy atom. The number of carbonyl (C=O) groups excluding carboxylic acids is 1. The molecule has 0 unspecified atom stereocenters. The van der Waals surface area contributed by atoms with Gasteiger partial charge in [-0.05, 0) is 19.1 Å². The van der Waals surface area contributed by atoms with Gasteiger partial charge in [-0.15, -0.1) is 6.42 Å². The third kappa shape index (κ3) is 3.63. The quantitative estimate of drug-likeness (QED) is 0.629. The number of carbonyl (C=O) groups is 1. The van der Waals surface area contributed by atoms with Crippen LogP contribution in [0.25, 0.3) is 0 Å². The zero-order chi connectivity index (χ0) is 14.6. The Balaban J connectivity index is 3.25. The highest BCUT2D eigenvalue weighted by Crippen LogP contribution is 2.19. The number of rotatable bonds is 4. The van der Waals surface area contributed by atoms with Crippen molar-refractivity contribution >= 4 is 39.1 Å². The summed E-state index contributed by atoms with van der Waals surface area (Å²) >= 11 is 10.8. The monoisotopic (exact) mass is 319 g/mol. The summed E-state index contributed by atoms with van der Waals surface area (Å²) in [4.78, 5) is 10.2. The lowest BCUT2D eigenvalue weighted by Gasteiger charge is -2.20. The summed E-state index contributed by atoms with van der Waals surface area (Å²) < 4.78 is 25.0. The largest absolute Gasteiger partial charge is 0.271 e. The molecule has 1 amide bonds. The normalized spacial score (nSPS) is 11.1. The average molecular weight is 320 g/mol. The van der Waals surface area contributed by atoms with E-state index in [4.69, 9.17) is 29.6 Å². The summed E-state index contributed by atoms with van der Waals surface area (Å²) in [5.41, 5.74) is 0.890. The van der Waals surface area contributed by atoms with E-state index in [1.54, 1.807) is 12.1 Å². The summed E-state index contributed by atoms with van der Waals surface area (Å²) in [6.07, 6.45) is 5.07. The van der Waals surface area contributed by atoms with Gasteiger partial charge in [0, 0.05) is 0 Å². The lowest BCUT2D eigenvalue weighted by atomic mass is 10.2. The number of hydrogen-bond acceptors (Lipinski definition) is 3. The Labute approximate surface area is 122 Å². The predicted octanol–water partition coefficient (Wildman–Crippen LogP) is 1.95. The molecule has 0 N–H and O–H groups in total. The zero-order valence-electron chi connectivity index (χ0n) is 10.0. The van der Waals surface area contributed by atoms with Crippen LogP contribution in [0.4, 0.5) is 0 Å². The Hall–Kier alpha value is -1.22. The zero-order valence-corrected chi connectivity index (χ0v) is 12.3. The van der Waals surface area contributed by atoms with E-state index in [0.29, 0.717) is 4.31 Å². The number of aryl methyl sites for hydroxylation is 1. The van der Waals surface area contributed by atoms with Crippen LogP contribution in [0.5, 0.6) is 0 Å². The highest BCUT2D eigenvalue weighted by Gasteiger charge is 2.31. The molecule has 1 aromatic carbocycles. The fourth-order valence-corrected chi connectivity index (χ4v) is 2.98. The first-order chi connectivity index (χ1) is 8.80. The van der Waals surface area contributed by atoms with Crippen LogP contribution in [-0.2, 0) is 14.8 Å². The van der Waals surface area contributed by atoms with Gasteiger partial charge in [0.05, 0.1) is 11.4 Å². The van der Waals surface area contributed by atoms with Crippen molar-refractivity contribution in [2.24, 2.45) is 0 Å². The molecule has 0 bridgehead atoms. The van der Waals surface area contributed by atoms with Gasteiger partial charge >= 0.3 is 0 Å². The van der Waals surface area contributed by atoms with E-state index in [1.807, 2.05) is 6.92 Å². The van der Waals surface area contributed by atoms with E-state index in [9.17, 15) is 13.2 Å². The molecule has 0 saturated carbocycles. The van der Waals surface area contributed by atoms with Crippen molar-refractivity contribution in [3.05, 3.63) is 29.8 Å². The molecule has 1 aromatic rings. The molecular formula is C12H11Cl2NO3S. The van der Waals surface area contributed by atoms with Crippen molar-refractivity contribution in [3.63, 3.8) is 0 Å². The fourth-order valence-electron chi connectivity index (χ4n) is 1.31. The molecule has 0 aromatic heterocycles. The van der Waals surface area contributed by atoms with Gasteiger partial charge in [0.15, 0.2) is 4.84 Å². The Bertz CT molecular complexity index is 603. The minimum Gasteiger partial charge on any atom is -0.271 e. The van der Waals surface area contributed by atoms with Crippen LogP contribution in [0.3, 0.4) is 0 Å². The second kappa shape index (κ2) is 6.29. The van der Waals surface area contributed by atoms with Crippen molar-refractivity contribution in [2.75, 3.05) is 6.54 Å². The second-order valence-corrected chi connectivity index (χ2v) is 6.63. The van der Waals surface area contributed by atoms with Crippen LogP contribution < -0.4 is 0 Å². The number of sulfonamides is 1. The predicted molar refractivity (Wildman–Crippen MR) is 74.4 cm³/mol. The summed E-state index contributed by atoms with van der Waals surface area (Å²) in [7, 11) is -4.05. The number of halogens is 2. The lowest BCUT2D eigenvalue weighted by Crippen LogP contribution is -2.40. The molecule has 102 valence electrons. The number of nitrogens with zero attached hydrogens (tertiary/aromatic N) is 1. The Morgan fingerprint density at radius 2 is 1.89 bits per heavy atom. The number of hydrogen-bond donors (Lipinski definition) is 0. The Kier molecular flexibility index (Phi) is 5.24. The first-order valence-electron chi connectivity index (χ1n) is 5.15. The van der Waals surface area contributed by atoms with Gasteiger partial charge in [0.1, 0.15) is 0 Å². The number of benzene rings is 1. The van der Waals surface area contributed by atoms with Gasteiger partial charge in [-0.1, -0.05) is 46.8 Å². The molecule has 1 rings (SSSR count). The van der Waals surface area contributed by atoms with Crippen molar-refractivity contribution in [3.8, 4) is 12.3 Å². The summed E-state index contributed by atoms with van der Waals surface area (Å²) in [6, 6.07) is 6.01. The molecule has 0 spiro atoms. The first-order valence-corrected chi connectivity index (χ1v) is 7.47. The highest BCUT2D eigenvalue weighted by molar-refractivity contribution is 7.89. The molecule has 0 aliphatic heterocycles. The lowest BCUT2D eigenvalue weighted by molar-refractivity contribution is -0.124. The minimum absolute atomic E-state index is 0.0457. The van der Waals surface area contributed by atoms with Crippen LogP contribution >= 0.6 is 23.2 Å². The van der Waals surface area contributed by atoms with Crippen molar-refractivity contribution < 1.29 is 13.2 Å². The molecule has 0 aliphatic rings. The smallest absolute Gasteiger partial charge is 0.270 e. The van der Waals surface area contributed by atoms with Gasteiger partial charge in [-0.3, -0.25) is 4.79 Å². The van der Waals surface area contributed by atoms with Gasteiger partial charge in [-0.25, -0.2) is 12.7 Å². The third-order valence-electron chi connectivity index (χ3n) is 2.28. The molecule has 0 fully saturated rings. The summed E-state index contributed by atoms with van der Waals surface area (Å²) in [5, 5.41) is 0. The van der Waals surface area contributed by atoms with Crippen LogP contribution in [0.15, 0.2) is 29.2 Å². The van der Waals surface area contributed by atoms with Crippen LogP contribution in [0, 0.1) is 19.3 Å². The number of alkyl halides is 2. The van der Waals surface area contributed by atoms with E-state index in [0.717, 1.165) is 5.56 Å². The third-order valence-corrected chi connectivity index (χ3v) is 4.41. The van der Waals surface area contributed by atoms with Crippen LogP contribution in [0.2, 0.25) is 0 Å². The molecular weight excluding hydrogens is 309 g/mol. The maximum atomic E-state index is 12.3. The first kappa shape index (κ1) is 15.8. The van der Waals surface area contributed by atoms with Crippen LogP contribution in [0.1, 0.15) is 5.56 Å². The average Bonchev–Trinajstić information content (AvgIpc) is 2.35. The SMILES string of the molecule is C#CCN(C(=O)C(Cl)Cl)S(=O)(=O)c1ccc(C)cc1. The van der Waals surface area contributed by atoms with Crippen molar-refractivity contribution in [2.45, 2.75) is 16.7 Å². The van der Waals surface area contributed by atoms with E-state index in [2.05, 4.69) is 5.92 Å². The summed E-state index contributed by atoms with van der Waals surface area (Å²) in [5.74, 6) is 1.13. The molecule has 0 aliphatic carbocycles. The molecule has 7 heteroatoms. The van der Waals surface area contributed by atoms with Gasteiger partial charge in [0.25, 0.3) is 15.9 Å². The number of amides is 1. The van der Waals surface area contributed by atoms with E-state index < -0.39 is 27.3 Å². The Morgan fingerprint density at radius 3 is 2.32 bits per heavy atom. The van der Waals surface area contributed by atoms with Crippen molar-refractivity contribution in [1.29, 1.82) is 0 Å². The van der Waals surface area contributed by atoms with E-state index >= 15 is 0 Å². The molecule has 0 saturated heterocycles. The van der Waals surface area contributed by atoms with E-state index in [1.165, 1.54) is 12.1 Å². The topological polar surface area (TPSA) is 54.5 Å². The molecule has 0 radical (unpaired) electrons. The van der Waals surface area contributed by atoms with Gasteiger partial charge in [0.2, 0.25) is 0 Å². The van der Waals surface area contributed by atoms with Crippen LogP contribution in [-0.4, -0.2) is 30.0 Å². The second-order valence-electron chi connectivity index (χ2n) is 3.67. The molecule has 19 heavy (non-hydrogen) atoms. The number of terminal acetylenes is 1. The fraction of sp³-hybridized carbons (Fsp3) is 0.250. The van der Waals surface area contributed by atoms with Gasteiger partial charge < -0.3 is 0 Å². The summed E-state index contributed by atoms with van der Waals surface area (Å²) in [6.45, 7) is 1.39. The van der Waals surface area contributed by atoms with E-state index in [-0.39, 0.29) is 4.90 Å². The maximum Gasteiger partial charge on any atom is 0.270 e. The molecule has 0 heterocycles. The highest BCUT2D eigenvalue weighted by atomic mass is 35.5.